The summed E-state index contributed by atoms with van der Waals surface area (Å²) in [5, 5.41) is 9.06. The first-order valence-electron chi connectivity index (χ1n) is 5.35. The molecule has 0 saturated heterocycles. The molecule has 0 fully saturated rings. The van der Waals surface area contributed by atoms with Crippen LogP contribution in [-0.4, -0.2) is 36.4 Å². The number of hydrogen-bond donors (Lipinski definition) is 1. The minimum absolute atomic E-state index is 0.0384. The van der Waals surface area contributed by atoms with Crippen LogP contribution in [0.5, 0.6) is 0 Å². The number of hydrogen-bond acceptors (Lipinski definition) is 3. The summed E-state index contributed by atoms with van der Waals surface area (Å²) in [4.78, 5) is 10.6. The molecule has 1 N–H and O–H groups in total. The van der Waals surface area contributed by atoms with Gasteiger partial charge >= 0.3 is 5.97 Å². The van der Waals surface area contributed by atoms with E-state index < -0.39 is 28.6 Å². The van der Waals surface area contributed by atoms with E-state index in [-0.39, 0.29) is 9.92 Å². The van der Waals surface area contributed by atoms with Crippen LogP contribution in [0.4, 0.5) is 0 Å². The number of sulfonamides is 1. The number of carbonyl (C=O) groups is 1. The minimum atomic E-state index is -3.98. The number of benzene rings is 1. The van der Waals surface area contributed by atoms with Gasteiger partial charge in [-0.15, -0.1) is 0 Å². The van der Waals surface area contributed by atoms with Crippen LogP contribution in [0.2, 0.25) is 10.0 Å². The lowest BCUT2D eigenvalue weighted by molar-refractivity contribution is -0.137. The Kier molecular flexibility index (Phi) is 5.20. The van der Waals surface area contributed by atoms with Crippen molar-refractivity contribution in [1.29, 1.82) is 0 Å². The van der Waals surface area contributed by atoms with Gasteiger partial charge in [0.1, 0.15) is 11.4 Å². The third-order valence-corrected chi connectivity index (χ3v) is 5.09. The number of rotatable bonds is 5. The second kappa shape index (κ2) is 6.09. The van der Waals surface area contributed by atoms with E-state index in [1.54, 1.807) is 13.8 Å². The maximum atomic E-state index is 12.4. The van der Waals surface area contributed by atoms with Crippen molar-refractivity contribution in [2.24, 2.45) is 0 Å². The summed E-state index contributed by atoms with van der Waals surface area (Å²) in [5.41, 5.74) is 0. The number of carboxylic acid groups (broad SMARTS) is 1. The summed E-state index contributed by atoms with van der Waals surface area (Å²) in [6, 6.07) is 3.44. The first-order valence-corrected chi connectivity index (χ1v) is 7.54. The maximum absolute atomic E-state index is 12.4. The second-order valence-electron chi connectivity index (χ2n) is 4.11. The van der Waals surface area contributed by atoms with Crippen molar-refractivity contribution in [2.45, 2.75) is 24.8 Å². The highest BCUT2D eigenvalue weighted by molar-refractivity contribution is 7.89. The topological polar surface area (TPSA) is 74.7 Å². The molecular formula is C11H13Cl2NO4S. The monoisotopic (exact) mass is 325 g/mol. The zero-order valence-corrected chi connectivity index (χ0v) is 12.6. The Morgan fingerprint density at radius 3 is 2.37 bits per heavy atom. The molecular weight excluding hydrogens is 313 g/mol. The fourth-order valence-electron chi connectivity index (χ4n) is 1.49. The summed E-state index contributed by atoms with van der Waals surface area (Å²) in [5.74, 6) is -1.23. The predicted molar refractivity (Wildman–Crippen MR) is 73.1 cm³/mol. The smallest absolute Gasteiger partial charge is 0.318 e. The molecule has 0 aliphatic rings. The zero-order chi connectivity index (χ0) is 14.8. The highest BCUT2D eigenvalue weighted by Gasteiger charge is 2.30. The lowest BCUT2D eigenvalue weighted by Gasteiger charge is -2.24. The Morgan fingerprint density at radius 1 is 1.37 bits per heavy atom. The molecule has 1 aromatic carbocycles. The molecule has 0 radical (unpaired) electrons. The first-order chi connectivity index (χ1) is 8.66. The molecule has 106 valence electrons. The van der Waals surface area contributed by atoms with Crippen molar-refractivity contribution in [3.8, 4) is 0 Å². The molecule has 0 bridgehead atoms. The Balaban J connectivity index is 3.30. The third kappa shape index (κ3) is 3.82. The second-order valence-corrected chi connectivity index (χ2v) is 6.82. The predicted octanol–water partition coefficient (Wildman–Crippen LogP) is 2.48. The lowest BCUT2D eigenvalue weighted by Crippen LogP contribution is -2.40. The summed E-state index contributed by atoms with van der Waals surface area (Å²) < 4.78 is 25.6. The quantitative estimate of drug-likeness (QED) is 0.902. The van der Waals surface area contributed by atoms with Gasteiger partial charge in [0.05, 0.1) is 5.02 Å². The maximum Gasteiger partial charge on any atom is 0.318 e. The Labute approximate surface area is 121 Å². The van der Waals surface area contributed by atoms with Crippen molar-refractivity contribution in [1.82, 2.24) is 4.31 Å². The molecule has 8 heteroatoms. The number of nitrogens with zero attached hydrogens (tertiary/aromatic N) is 1. The van der Waals surface area contributed by atoms with Crippen molar-refractivity contribution in [3.63, 3.8) is 0 Å². The fourth-order valence-corrected chi connectivity index (χ4v) is 3.82. The summed E-state index contributed by atoms with van der Waals surface area (Å²) in [7, 11) is -3.98. The van der Waals surface area contributed by atoms with E-state index in [9.17, 15) is 13.2 Å². The van der Waals surface area contributed by atoms with Crippen LogP contribution >= 0.6 is 23.2 Å². The van der Waals surface area contributed by atoms with Gasteiger partial charge in [0.25, 0.3) is 0 Å². The zero-order valence-electron chi connectivity index (χ0n) is 10.3. The molecule has 0 heterocycles. The SMILES string of the molecule is CC(C)N(CC(=O)O)S(=O)(=O)c1ccc(Cl)cc1Cl. The molecule has 0 atom stereocenters. The van der Waals surface area contributed by atoms with Gasteiger partial charge < -0.3 is 5.11 Å². The van der Waals surface area contributed by atoms with Crippen molar-refractivity contribution in [2.75, 3.05) is 6.54 Å². The molecule has 0 aromatic heterocycles. The van der Waals surface area contributed by atoms with Gasteiger partial charge in [-0.25, -0.2) is 8.42 Å². The summed E-state index contributed by atoms with van der Waals surface area (Å²) >= 11 is 11.6. The van der Waals surface area contributed by atoms with Gasteiger partial charge in [-0.05, 0) is 32.0 Å². The molecule has 0 saturated carbocycles. The normalized spacial score (nSPS) is 12.1. The van der Waals surface area contributed by atoms with E-state index in [2.05, 4.69) is 0 Å². The summed E-state index contributed by atoms with van der Waals surface area (Å²) in [6.07, 6.45) is 0. The largest absolute Gasteiger partial charge is 0.480 e. The van der Waals surface area contributed by atoms with Crippen molar-refractivity contribution >= 4 is 39.2 Å². The first kappa shape index (κ1) is 16.2. The number of carboxylic acids is 1. The summed E-state index contributed by atoms with van der Waals surface area (Å²) in [6.45, 7) is 2.55. The van der Waals surface area contributed by atoms with Gasteiger partial charge in [0, 0.05) is 11.1 Å². The molecule has 0 unspecified atom stereocenters. The highest BCUT2D eigenvalue weighted by atomic mass is 35.5. The van der Waals surface area contributed by atoms with E-state index >= 15 is 0 Å². The Hall–Kier alpha value is -0.820. The molecule has 1 aromatic rings. The van der Waals surface area contributed by atoms with Crippen LogP contribution in [-0.2, 0) is 14.8 Å². The molecule has 0 aliphatic heterocycles. The van der Waals surface area contributed by atoms with Gasteiger partial charge in [-0.3, -0.25) is 4.79 Å². The van der Waals surface area contributed by atoms with Crippen LogP contribution in [0.3, 0.4) is 0 Å². The lowest BCUT2D eigenvalue weighted by atomic mass is 10.4. The average molecular weight is 326 g/mol. The van der Waals surface area contributed by atoms with E-state index in [1.807, 2.05) is 0 Å². The van der Waals surface area contributed by atoms with Gasteiger partial charge in [-0.1, -0.05) is 23.2 Å². The molecule has 0 aliphatic carbocycles. The number of halogens is 2. The molecule has 19 heavy (non-hydrogen) atoms. The van der Waals surface area contributed by atoms with Crippen molar-refractivity contribution < 1.29 is 18.3 Å². The van der Waals surface area contributed by atoms with Crippen molar-refractivity contribution in [3.05, 3.63) is 28.2 Å². The number of aliphatic carboxylic acids is 1. The Bertz CT molecular complexity index is 586. The van der Waals surface area contributed by atoms with Crippen LogP contribution < -0.4 is 0 Å². The van der Waals surface area contributed by atoms with Crippen LogP contribution in [0.15, 0.2) is 23.1 Å². The van der Waals surface area contributed by atoms with E-state index in [0.29, 0.717) is 5.02 Å². The van der Waals surface area contributed by atoms with Gasteiger partial charge in [0.15, 0.2) is 0 Å². The highest BCUT2D eigenvalue weighted by Crippen LogP contribution is 2.28. The van der Waals surface area contributed by atoms with E-state index in [0.717, 1.165) is 4.31 Å². The van der Waals surface area contributed by atoms with Gasteiger partial charge in [0.2, 0.25) is 10.0 Å². The molecule has 5 nitrogen and oxygen atoms in total. The molecule has 0 amide bonds. The third-order valence-electron chi connectivity index (χ3n) is 2.35. The van der Waals surface area contributed by atoms with E-state index in [4.69, 9.17) is 28.3 Å². The van der Waals surface area contributed by atoms with Crippen LogP contribution in [0, 0.1) is 0 Å². The fraction of sp³-hybridized carbons (Fsp3) is 0.364. The molecule has 0 spiro atoms. The minimum Gasteiger partial charge on any atom is -0.480 e. The van der Waals surface area contributed by atoms with Crippen LogP contribution in [0.25, 0.3) is 0 Å². The van der Waals surface area contributed by atoms with Crippen LogP contribution in [0.1, 0.15) is 13.8 Å². The van der Waals surface area contributed by atoms with Gasteiger partial charge in [-0.2, -0.15) is 4.31 Å². The average Bonchev–Trinajstić information content (AvgIpc) is 2.24. The molecule has 1 rings (SSSR count). The van der Waals surface area contributed by atoms with E-state index in [1.165, 1.54) is 18.2 Å². The standard InChI is InChI=1S/C11H13Cl2NO4S/c1-7(2)14(6-11(15)16)19(17,18)10-4-3-8(12)5-9(10)13/h3-5,7H,6H2,1-2H3,(H,15,16). The Morgan fingerprint density at radius 2 is 1.95 bits per heavy atom.